The zero-order chi connectivity index (χ0) is 30.6. The summed E-state index contributed by atoms with van der Waals surface area (Å²) in [5.74, 6) is -3.99. The molecule has 0 spiro atoms. The maximum absolute atomic E-state index is 12.8. The number of aliphatic imine (C=N–C) groups is 1. The molecule has 2 heterocycles. The van der Waals surface area contributed by atoms with Crippen LogP contribution in [0.4, 0.5) is 18.9 Å². The van der Waals surface area contributed by atoms with Crippen LogP contribution < -0.4 is 16.4 Å². The number of carbonyl (C=O) groups excluding carboxylic acids is 3. The maximum atomic E-state index is 12.8. The van der Waals surface area contributed by atoms with Gasteiger partial charge in [-0.05, 0) is 19.4 Å². The molecular weight excluding hydrogens is 563 g/mol. The van der Waals surface area contributed by atoms with Gasteiger partial charge in [0.15, 0.2) is 0 Å². The first-order chi connectivity index (χ1) is 19.4. The van der Waals surface area contributed by atoms with Gasteiger partial charge in [-0.2, -0.15) is 13.2 Å². The first-order valence-electron chi connectivity index (χ1n) is 12.0. The largest absolute Gasteiger partial charge is 0.389 e. The summed E-state index contributed by atoms with van der Waals surface area (Å²) in [6.45, 7) is 1.88. The van der Waals surface area contributed by atoms with Crippen LogP contribution in [0.3, 0.4) is 0 Å². The van der Waals surface area contributed by atoms with Crippen molar-refractivity contribution in [2.45, 2.75) is 38.5 Å². The van der Waals surface area contributed by atoms with E-state index >= 15 is 0 Å². The third-order valence-corrected chi connectivity index (χ3v) is 5.83. The van der Waals surface area contributed by atoms with Crippen LogP contribution in [0, 0.1) is 25.7 Å². The molecule has 13 heteroatoms. The number of hydrogen-bond acceptors (Lipinski definition) is 6. The van der Waals surface area contributed by atoms with E-state index in [1.54, 1.807) is 60.9 Å². The Labute approximate surface area is 239 Å². The molecule has 216 valence electrons. The van der Waals surface area contributed by atoms with E-state index in [1.807, 2.05) is 6.92 Å². The fourth-order valence-corrected chi connectivity index (χ4v) is 3.88. The number of carbonyl (C=O) groups is 3. The predicted molar refractivity (Wildman–Crippen MR) is 148 cm³/mol. The van der Waals surface area contributed by atoms with Crippen LogP contribution in [-0.4, -0.2) is 40.9 Å². The lowest BCUT2D eigenvalue weighted by Crippen LogP contribution is -2.45. The van der Waals surface area contributed by atoms with Crippen LogP contribution in [0.25, 0.3) is 0 Å². The number of benzodiazepines with no additional fused rings is 1. The van der Waals surface area contributed by atoms with E-state index < -0.39 is 55.2 Å². The summed E-state index contributed by atoms with van der Waals surface area (Å²) in [5.41, 5.74) is 7.80. The highest BCUT2D eigenvalue weighted by atomic mass is 35.5. The molecule has 9 nitrogen and oxygen atoms in total. The third-order valence-electron chi connectivity index (χ3n) is 5.51. The average Bonchev–Trinajstić information content (AvgIpc) is 3.36. The summed E-state index contributed by atoms with van der Waals surface area (Å²) in [4.78, 5) is 41.3. The second-order valence-electron chi connectivity index (χ2n) is 8.57. The maximum Gasteiger partial charge on any atom is 0.389 e. The number of halogens is 4. The third kappa shape index (κ3) is 10.1. The molecule has 0 saturated carbocycles. The number of nitrogens with zero attached hydrogens (tertiary/aromatic N) is 2. The number of benzene rings is 2. The molecule has 4 N–H and O–H groups in total. The summed E-state index contributed by atoms with van der Waals surface area (Å²) < 4.78 is 42.5. The summed E-state index contributed by atoms with van der Waals surface area (Å²) in [5, 5.41) is 8.74. The standard InChI is InChI=1S/C22H20ClF3N4O3.C4H5NO.C2H2/c23-15-8-4-7-14-17(12-5-2-1-3-6-12)28-19(21(33)29-18(14)15)30-20(32)13(11-16(27)31)9-10-22(24,25)26;1-4-2-3-6-5-4;1-2/h1-8,13,19H,9-11H2,(H2,27,31)(H,29,33)(H,30,32);2-3H,1H3;1-2H/t13-,19-;;/m1../s1. The Kier molecular flexibility index (Phi) is 12.1. The SMILES string of the molecule is C#C.Cc1ccon1.NC(=O)C[C@@H](CCC(F)(F)F)C(=O)N[C@H]1N=C(c2ccccc2)c2cccc(Cl)c2NC1=O. The number of nitrogens with one attached hydrogen (secondary N) is 2. The Morgan fingerprint density at radius 3 is 2.37 bits per heavy atom. The minimum absolute atomic E-state index is 0.244. The van der Waals surface area contributed by atoms with Gasteiger partial charge in [-0.25, -0.2) is 4.99 Å². The number of fused-ring (bicyclic) bond motifs is 1. The highest BCUT2D eigenvalue weighted by Crippen LogP contribution is 2.31. The van der Waals surface area contributed by atoms with Crippen molar-refractivity contribution in [2.75, 3.05) is 5.32 Å². The predicted octanol–water partition coefficient (Wildman–Crippen LogP) is 4.64. The van der Waals surface area contributed by atoms with Gasteiger partial charge >= 0.3 is 6.18 Å². The Morgan fingerprint density at radius 2 is 1.83 bits per heavy atom. The molecule has 41 heavy (non-hydrogen) atoms. The smallest absolute Gasteiger partial charge is 0.370 e. The average molecular weight is 590 g/mol. The van der Waals surface area contributed by atoms with Gasteiger partial charge in [0.1, 0.15) is 6.26 Å². The molecule has 3 aromatic rings. The molecule has 3 amide bonds. The number of terminal acetylenes is 1. The normalized spacial score (nSPS) is 14.8. The van der Waals surface area contributed by atoms with Crippen LogP contribution in [0.15, 0.2) is 70.4 Å². The molecule has 1 aliphatic rings. The fraction of sp³-hybridized carbons (Fsp3) is 0.250. The number of anilines is 1. The van der Waals surface area contributed by atoms with E-state index in [2.05, 4.69) is 38.2 Å². The highest BCUT2D eigenvalue weighted by Gasteiger charge is 2.34. The van der Waals surface area contributed by atoms with E-state index in [1.165, 1.54) is 0 Å². The Hall–Kier alpha value is -4.63. The van der Waals surface area contributed by atoms with Gasteiger partial charge < -0.3 is 20.9 Å². The van der Waals surface area contributed by atoms with Crippen molar-refractivity contribution in [1.29, 1.82) is 0 Å². The number of hydrogen-bond donors (Lipinski definition) is 3. The second kappa shape index (κ2) is 15.2. The number of rotatable bonds is 7. The lowest BCUT2D eigenvalue weighted by molar-refractivity contribution is -0.143. The van der Waals surface area contributed by atoms with E-state index in [-0.39, 0.29) is 10.7 Å². The van der Waals surface area contributed by atoms with Crippen molar-refractivity contribution >= 4 is 40.7 Å². The lowest BCUT2D eigenvalue weighted by Gasteiger charge is -2.19. The lowest BCUT2D eigenvalue weighted by atomic mass is 9.97. The van der Waals surface area contributed by atoms with Crippen LogP contribution >= 0.6 is 11.6 Å². The van der Waals surface area contributed by atoms with Gasteiger partial charge in [-0.3, -0.25) is 14.4 Å². The summed E-state index contributed by atoms with van der Waals surface area (Å²) in [7, 11) is 0. The molecule has 0 saturated heterocycles. The number of nitrogens with two attached hydrogens (primary N) is 1. The van der Waals surface area contributed by atoms with Crippen LogP contribution in [0.1, 0.15) is 36.1 Å². The van der Waals surface area contributed by atoms with Crippen molar-refractivity contribution in [3.8, 4) is 12.8 Å². The van der Waals surface area contributed by atoms with Gasteiger partial charge in [0.25, 0.3) is 5.91 Å². The fourth-order valence-electron chi connectivity index (χ4n) is 3.65. The van der Waals surface area contributed by atoms with E-state index in [0.29, 0.717) is 16.8 Å². The first kappa shape index (κ1) is 32.6. The first-order valence-corrected chi connectivity index (χ1v) is 12.4. The second-order valence-corrected chi connectivity index (χ2v) is 8.98. The zero-order valence-electron chi connectivity index (χ0n) is 21.8. The number of aromatic nitrogens is 1. The quantitative estimate of drug-likeness (QED) is 0.345. The van der Waals surface area contributed by atoms with E-state index in [0.717, 1.165) is 5.69 Å². The molecule has 1 aliphatic heterocycles. The molecule has 1 aromatic heterocycles. The zero-order valence-corrected chi connectivity index (χ0v) is 22.6. The van der Waals surface area contributed by atoms with Crippen molar-refractivity contribution < 1.29 is 32.1 Å². The van der Waals surface area contributed by atoms with Crippen LogP contribution in [0.5, 0.6) is 0 Å². The highest BCUT2D eigenvalue weighted by molar-refractivity contribution is 6.36. The van der Waals surface area contributed by atoms with Crippen molar-refractivity contribution in [1.82, 2.24) is 10.5 Å². The monoisotopic (exact) mass is 589 g/mol. The Morgan fingerprint density at radius 1 is 1.15 bits per heavy atom. The molecule has 2 atom stereocenters. The number of primary amides is 1. The molecule has 4 rings (SSSR count). The molecule has 0 bridgehead atoms. The van der Waals surface area contributed by atoms with Crippen LogP contribution in [-0.2, 0) is 14.4 Å². The van der Waals surface area contributed by atoms with E-state index in [9.17, 15) is 27.6 Å². The number of para-hydroxylation sites is 1. The summed E-state index contributed by atoms with van der Waals surface area (Å²) in [6, 6.07) is 15.5. The van der Waals surface area contributed by atoms with Gasteiger partial charge in [0.05, 0.1) is 22.1 Å². The van der Waals surface area contributed by atoms with Crippen molar-refractivity contribution in [2.24, 2.45) is 16.6 Å². The summed E-state index contributed by atoms with van der Waals surface area (Å²) in [6.07, 6.45) is 1.01. The molecule has 0 radical (unpaired) electrons. The van der Waals surface area contributed by atoms with Gasteiger partial charge in [-0.15, -0.1) is 12.8 Å². The minimum Gasteiger partial charge on any atom is -0.370 e. The molecule has 2 aromatic carbocycles. The van der Waals surface area contributed by atoms with Crippen molar-refractivity contribution in [3.05, 3.63) is 82.7 Å². The molecule has 0 aliphatic carbocycles. The van der Waals surface area contributed by atoms with Gasteiger partial charge in [0, 0.05) is 36.0 Å². The number of alkyl halides is 3. The molecule has 0 unspecified atom stereocenters. The van der Waals surface area contributed by atoms with Crippen LogP contribution in [0.2, 0.25) is 5.02 Å². The minimum atomic E-state index is -4.52. The topological polar surface area (TPSA) is 140 Å². The Balaban J connectivity index is 0.000000640. The number of amides is 3. The molecule has 0 fully saturated rings. The molecular formula is C28H27ClF3N5O4. The Bertz CT molecular complexity index is 1380. The van der Waals surface area contributed by atoms with Gasteiger partial charge in [0.2, 0.25) is 18.0 Å². The van der Waals surface area contributed by atoms with E-state index in [4.69, 9.17) is 17.3 Å². The van der Waals surface area contributed by atoms with Crippen molar-refractivity contribution in [3.63, 3.8) is 0 Å². The van der Waals surface area contributed by atoms with Gasteiger partial charge in [-0.1, -0.05) is 59.2 Å². The number of aryl methyl sites for hydroxylation is 1. The summed E-state index contributed by atoms with van der Waals surface area (Å²) >= 11 is 6.26.